The first-order chi connectivity index (χ1) is 9.07. The van der Waals surface area contributed by atoms with Gasteiger partial charge in [-0.2, -0.15) is 0 Å². The van der Waals surface area contributed by atoms with E-state index in [4.69, 9.17) is 5.73 Å². The van der Waals surface area contributed by atoms with Gasteiger partial charge in [0.05, 0.1) is 5.54 Å². The number of nitrogens with two attached hydrogens (primary N) is 1. The predicted octanol–water partition coefficient (Wildman–Crippen LogP) is 1.29. The molecule has 0 aromatic heterocycles. The van der Waals surface area contributed by atoms with Crippen LogP contribution < -0.4 is 16.0 Å². The van der Waals surface area contributed by atoms with E-state index in [-0.39, 0.29) is 5.91 Å². The van der Waals surface area contributed by atoms with E-state index in [0.717, 1.165) is 32.4 Å². The highest BCUT2D eigenvalue weighted by molar-refractivity contribution is 5.84. The zero-order valence-electron chi connectivity index (χ0n) is 11.8. The topological polar surface area (TPSA) is 58.4 Å². The maximum atomic E-state index is 11.4. The van der Waals surface area contributed by atoms with Gasteiger partial charge in [-0.05, 0) is 44.9 Å². The highest BCUT2D eigenvalue weighted by Gasteiger charge is 2.28. The van der Waals surface area contributed by atoms with Crippen LogP contribution >= 0.6 is 0 Å². The number of nitrogens with one attached hydrogen (secondary N) is 1. The van der Waals surface area contributed by atoms with Crippen LogP contribution in [-0.4, -0.2) is 31.6 Å². The zero-order valence-corrected chi connectivity index (χ0v) is 11.8. The second-order valence-electron chi connectivity index (χ2n) is 5.42. The Labute approximate surface area is 115 Å². The van der Waals surface area contributed by atoms with Crippen LogP contribution in [0.3, 0.4) is 0 Å². The van der Waals surface area contributed by atoms with Crippen molar-refractivity contribution in [2.24, 2.45) is 5.73 Å². The van der Waals surface area contributed by atoms with Crippen molar-refractivity contribution in [1.82, 2.24) is 5.32 Å². The molecule has 0 fully saturated rings. The number of carbonyl (C=O) groups is 1. The molecule has 0 spiro atoms. The van der Waals surface area contributed by atoms with Gasteiger partial charge in [0.1, 0.15) is 0 Å². The molecule has 4 heteroatoms. The van der Waals surface area contributed by atoms with Gasteiger partial charge in [-0.25, -0.2) is 0 Å². The number of carbonyl (C=O) groups excluding carboxylic acids is 1. The first kappa shape index (κ1) is 13.9. The molecule has 0 aliphatic carbocycles. The summed E-state index contributed by atoms with van der Waals surface area (Å²) in [5, 5.41) is 3.03. The summed E-state index contributed by atoms with van der Waals surface area (Å²) in [5.74, 6) is -0.281. The Morgan fingerprint density at radius 1 is 1.47 bits per heavy atom. The number of rotatable bonds is 6. The molecular formula is C15H23N3O. The fraction of sp³-hybridized carbons (Fsp3) is 0.533. The van der Waals surface area contributed by atoms with Gasteiger partial charge < -0.3 is 16.0 Å². The fourth-order valence-corrected chi connectivity index (χ4v) is 2.63. The van der Waals surface area contributed by atoms with Gasteiger partial charge in [0.15, 0.2) is 0 Å². The molecule has 1 aromatic carbocycles. The van der Waals surface area contributed by atoms with Crippen LogP contribution in [0.2, 0.25) is 0 Å². The van der Waals surface area contributed by atoms with Crippen LogP contribution in [0.4, 0.5) is 5.69 Å². The molecule has 1 heterocycles. The minimum Gasteiger partial charge on any atom is -0.371 e. The van der Waals surface area contributed by atoms with E-state index in [1.54, 1.807) is 7.05 Å². The summed E-state index contributed by atoms with van der Waals surface area (Å²) < 4.78 is 0. The number of anilines is 1. The van der Waals surface area contributed by atoms with E-state index in [9.17, 15) is 4.79 Å². The molecule has 0 saturated carbocycles. The summed E-state index contributed by atoms with van der Waals surface area (Å²) in [4.78, 5) is 13.8. The van der Waals surface area contributed by atoms with E-state index in [2.05, 4.69) is 34.5 Å². The number of likely N-dealkylation sites (N-methyl/N-ethyl adjacent to an activating group) is 1. The average Bonchev–Trinajstić information content (AvgIpc) is 2.82. The number of para-hydroxylation sites is 1. The maximum absolute atomic E-state index is 11.4. The Balaban J connectivity index is 1.89. The summed E-state index contributed by atoms with van der Waals surface area (Å²) in [6.45, 7) is 3.92. The predicted molar refractivity (Wildman–Crippen MR) is 78.3 cm³/mol. The number of hydrogen-bond acceptors (Lipinski definition) is 3. The first-order valence-corrected chi connectivity index (χ1v) is 6.88. The fourth-order valence-electron chi connectivity index (χ4n) is 2.63. The number of fused-ring (bicyclic) bond motifs is 1. The molecule has 0 saturated heterocycles. The van der Waals surface area contributed by atoms with Gasteiger partial charge in [-0.15, -0.1) is 0 Å². The largest absolute Gasteiger partial charge is 0.371 e. The molecule has 3 N–H and O–H groups in total. The SMILES string of the molecule is CNC(C)(CCCN1CCc2ccccc21)C(N)=O. The van der Waals surface area contributed by atoms with Crippen LogP contribution in [0.5, 0.6) is 0 Å². The molecule has 2 rings (SSSR count). The van der Waals surface area contributed by atoms with Crippen molar-refractivity contribution in [1.29, 1.82) is 0 Å². The van der Waals surface area contributed by atoms with Crippen LogP contribution in [0.25, 0.3) is 0 Å². The number of hydrogen-bond donors (Lipinski definition) is 2. The van der Waals surface area contributed by atoms with E-state index in [1.165, 1.54) is 11.3 Å². The molecule has 19 heavy (non-hydrogen) atoms. The lowest BCUT2D eigenvalue weighted by molar-refractivity contribution is -0.123. The lowest BCUT2D eigenvalue weighted by atomic mass is 9.95. The Bertz CT molecular complexity index is 460. The Morgan fingerprint density at radius 3 is 2.89 bits per heavy atom. The molecule has 1 aliphatic heterocycles. The highest BCUT2D eigenvalue weighted by Crippen LogP contribution is 2.27. The zero-order chi connectivity index (χ0) is 13.9. The third-order valence-corrected chi connectivity index (χ3v) is 4.18. The number of amides is 1. The molecule has 1 aromatic rings. The summed E-state index contributed by atoms with van der Waals surface area (Å²) in [7, 11) is 1.79. The number of nitrogens with zero attached hydrogens (tertiary/aromatic N) is 1. The van der Waals surface area contributed by atoms with Crippen molar-refractivity contribution in [2.45, 2.75) is 31.7 Å². The van der Waals surface area contributed by atoms with Crippen LogP contribution in [0.1, 0.15) is 25.3 Å². The standard InChI is InChI=1S/C15H23N3O/c1-15(17-2,14(16)19)9-5-10-18-11-8-12-6-3-4-7-13(12)18/h3-4,6-7,17H,5,8-11H2,1-2H3,(H2,16,19). The van der Waals surface area contributed by atoms with E-state index in [1.807, 2.05) is 6.92 Å². The molecule has 1 amide bonds. The van der Waals surface area contributed by atoms with Crippen molar-refractivity contribution in [3.63, 3.8) is 0 Å². The normalized spacial score (nSPS) is 17.1. The molecule has 0 bridgehead atoms. The van der Waals surface area contributed by atoms with Crippen molar-refractivity contribution in [3.05, 3.63) is 29.8 Å². The van der Waals surface area contributed by atoms with Crippen LogP contribution in [0, 0.1) is 0 Å². The molecule has 1 atom stereocenters. The van der Waals surface area contributed by atoms with Crippen LogP contribution in [-0.2, 0) is 11.2 Å². The number of benzene rings is 1. The minimum atomic E-state index is -0.598. The molecular weight excluding hydrogens is 238 g/mol. The third kappa shape index (κ3) is 2.89. The van der Waals surface area contributed by atoms with Gasteiger partial charge in [0.2, 0.25) is 5.91 Å². The van der Waals surface area contributed by atoms with E-state index >= 15 is 0 Å². The first-order valence-electron chi connectivity index (χ1n) is 6.88. The van der Waals surface area contributed by atoms with Gasteiger partial charge in [0, 0.05) is 18.8 Å². The molecule has 0 radical (unpaired) electrons. The second kappa shape index (κ2) is 5.61. The van der Waals surface area contributed by atoms with E-state index in [0.29, 0.717) is 0 Å². The summed E-state index contributed by atoms with van der Waals surface area (Å²) in [6, 6.07) is 8.54. The smallest absolute Gasteiger partial charge is 0.237 e. The van der Waals surface area contributed by atoms with Gasteiger partial charge in [-0.3, -0.25) is 4.79 Å². The van der Waals surface area contributed by atoms with Crippen molar-refractivity contribution in [2.75, 3.05) is 25.0 Å². The lowest BCUT2D eigenvalue weighted by Gasteiger charge is -2.27. The number of primary amides is 1. The molecule has 104 valence electrons. The van der Waals surface area contributed by atoms with Gasteiger partial charge in [-0.1, -0.05) is 18.2 Å². The Hall–Kier alpha value is -1.55. The second-order valence-corrected chi connectivity index (χ2v) is 5.42. The molecule has 1 aliphatic rings. The van der Waals surface area contributed by atoms with Crippen molar-refractivity contribution >= 4 is 11.6 Å². The van der Waals surface area contributed by atoms with E-state index < -0.39 is 5.54 Å². The maximum Gasteiger partial charge on any atom is 0.237 e. The lowest BCUT2D eigenvalue weighted by Crippen LogP contribution is -2.51. The summed E-state index contributed by atoms with van der Waals surface area (Å²) in [5.41, 5.74) is 7.60. The summed E-state index contributed by atoms with van der Waals surface area (Å²) >= 11 is 0. The Morgan fingerprint density at radius 2 is 2.21 bits per heavy atom. The highest BCUT2D eigenvalue weighted by atomic mass is 16.1. The monoisotopic (exact) mass is 261 g/mol. The van der Waals surface area contributed by atoms with Crippen LogP contribution in [0.15, 0.2) is 24.3 Å². The third-order valence-electron chi connectivity index (χ3n) is 4.18. The molecule has 1 unspecified atom stereocenters. The minimum absolute atomic E-state index is 0.281. The molecule has 4 nitrogen and oxygen atoms in total. The quantitative estimate of drug-likeness (QED) is 0.811. The van der Waals surface area contributed by atoms with Crippen molar-refractivity contribution < 1.29 is 4.79 Å². The van der Waals surface area contributed by atoms with Gasteiger partial charge in [0.25, 0.3) is 0 Å². The average molecular weight is 261 g/mol. The summed E-state index contributed by atoms with van der Waals surface area (Å²) in [6.07, 6.45) is 2.83. The van der Waals surface area contributed by atoms with Gasteiger partial charge >= 0.3 is 0 Å². The van der Waals surface area contributed by atoms with Crippen molar-refractivity contribution in [3.8, 4) is 0 Å². The Kier molecular flexibility index (Phi) is 4.10.